The average Bonchev–Trinajstić information content (AvgIpc) is 2.16. The zero-order valence-electron chi connectivity index (χ0n) is 9.33. The lowest BCUT2D eigenvalue weighted by Crippen LogP contribution is -2.50. The molecule has 1 amide bonds. The summed E-state index contributed by atoms with van der Waals surface area (Å²) in [7, 11) is 0. The van der Waals surface area contributed by atoms with E-state index in [0.29, 0.717) is 19.6 Å². The largest absolute Gasteiger partial charge is 0.388 e. The van der Waals surface area contributed by atoms with E-state index < -0.39 is 5.60 Å². The molecule has 0 saturated carbocycles. The molecule has 0 aromatic carbocycles. The fourth-order valence-corrected chi connectivity index (χ4v) is 1.83. The lowest BCUT2D eigenvalue weighted by molar-refractivity contribution is -0.136. The molecule has 4 heteroatoms. The topological polar surface area (TPSA) is 52.6 Å². The van der Waals surface area contributed by atoms with Gasteiger partial charge in [0.2, 0.25) is 5.91 Å². The van der Waals surface area contributed by atoms with Crippen molar-refractivity contribution >= 4 is 5.91 Å². The number of aliphatic hydroxyl groups is 1. The first-order valence-corrected chi connectivity index (χ1v) is 5.37. The molecule has 86 valence electrons. The minimum absolute atomic E-state index is 0.0526. The van der Waals surface area contributed by atoms with Crippen LogP contribution in [0.5, 0.6) is 0 Å². The number of piperidine rings is 1. The maximum Gasteiger partial charge on any atom is 0.236 e. The number of amides is 1. The van der Waals surface area contributed by atoms with Gasteiger partial charge < -0.3 is 15.3 Å². The van der Waals surface area contributed by atoms with Crippen molar-refractivity contribution in [2.45, 2.75) is 25.4 Å². The highest BCUT2D eigenvalue weighted by Crippen LogP contribution is 2.19. The van der Waals surface area contributed by atoms with E-state index in [9.17, 15) is 9.90 Å². The molecule has 0 radical (unpaired) electrons. The van der Waals surface area contributed by atoms with E-state index in [4.69, 9.17) is 0 Å². The zero-order valence-corrected chi connectivity index (χ0v) is 9.33. The van der Waals surface area contributed by atoms with Crippen LogP contribution in [0.15, 0.2) is 12.7 Å². The van der Waals surface area contributed by atoms with Crippen molar-refractivity contribution < 1.29 is 9.90 Å². The third-order valence-corrected chi connectivity index (χ3v) is 2.59. The quantitative estimate of drug-likeness (QED) is 0.514. The van der Waals surface area contributed by atoms with Crippen LogP contribution in [0.1, 0.15) is 19.8 Å². The third-order valence-electron chi connectivity index (χ3n) is 2.59. The van der Waals surface area contributed by atoms with Crippen LogP contribution < -0.4 is 5.32 Å². The van der Waals surface area contributed by atoms with Crippen LogP contribution in [0.25, 0.3) is 0 Å². The Morgan fingerprint density at radius 3 is 3.07 bits per heavy atom. The van der Waals surface area contributed by atoms with Crippen molar-refractivity contribution in [2.24, 2.45) is 0 Å². The van der Waals surface area contributed by atoms with Gasteiger partial charge in [0.15, 0.2) is 0 Å². The number of hydrogen-bond donors (Lipinski definition) is 2. The summed E-state index contributed by atoms with van der Waals surface area (Å²) in [5, 5.41) is 12.8. The number of carbonyl (C=O) groups is 1. The second kappa shape index (κ2) is 5.28. The summed E-state index contributed by atoms with van der Waals surface area (Å²) in [4.78, 5) is 13.4. The Morgan fingerprint density at radius 2 is 2.47 bits per heavy atom. The monoisotopic (exact) mass is 212 g/mol. The number of rotatable bonds is 4. The van der Waals surface area contributed by atoms with E-state index in [-0.39, 0.29) is 5.91 Å². The smallest absolute Gasteiger partial charge is 0.236 e. The molecule has 0 aromatic rings. The summed E-state index contributed by atoms with van der Waals surface area (Å²) < 4.78 is 0. The van der Waals surface area contributed by atoms with E-state index in [0.717, 1.165) is 19.4 Å². The Balaban J connectivity index is 2.35. The van der Waals surface area contributed by atoms with Gasteiger partial charge in [0.05, 0.1) is 12.1 Å². The second-order valence-electron chi connectivity index (χ2n) is 4.34. The van der Waals surface area contributed by atoms with Crippen molar-refractivity contribution in [2.75, 3.05) is 26.2 Å². The standard InChI is InChI=1S/C11H20N2O2/c1-3-6-12-8-10(14)13-7-4-5-11(2,15)9-13/h3,12,15H,1,4-9H2,2H3. The fraction of sp³-hybridized carbons (Fsp3) is 0.727. The van der Waals surface area contributed by atoms with E-state index in [1.807, 2.05) is 0 Å². The molecule has 15 heavy (non-hydrogen) atoms. The molecule has 1 aliphatic rings. The Kier molecular flexibility index (Phi) is 4.29. The summed E-state index contributed by atoms with van der Waals surface area (Å²) in [6, 6.07) is 0. The van der Waals surface area contributed by atoms with Crippen LogP contribution in [0, 0.1) is 0 Å². The lowest BCUT2D eigenvalue weighted by Gasteiger charge is -2.36. The summed E-state index contributed by atoms with van der Waals surface area (Å²) in [5.41, 5.74) is -0.716. The molecule has 0 bridgehead atoms. The molecular weight excluding hydrogens is 192 g/mol. The summed E-state index contributed by atoms with van der Waals surface area (Å²) in [5.74, 6) is 0.0526. The summed E-state index contributed by atoms with van der Waals surface area (Å²) >= 11 is 0. The third kappa shape index (κ3) is 4.01. The summed E-state index contributed by atoms with van der Waals surface area (Å²) in [6.07, 6.45) is 3.37. The summed E-state index contributed by atoms with van der Waals surface area (Å²) in [6.45, 7) is 7.50. The van der Waals surface area contributed by atoms with Crippen molar-refractivity contribution in [1.82, 2.24) is 10.2 Å². The molecule has 1 saturated heterocycles. The van der Waals surface area contributed by atoms with Gasteiger partial charge in [-0.3, -0.25) is 4.79 Å². The van der Waals surface area contributed by atoms with E-state index in [1.54, 1.807) is 17.9 Å². The van der Waals surface area contributed by atoms with Gasteiger partial charge in [0.25, 0.3) is 0 Å². The molecule has 1 heterocycles. The van der Waals surface area contributed by atoms with Crippen LogP contribution in [0.4, 0.5) is 0 Å². The van der Waals surface area contributed by atoms with Gasteiger partial charge >= 0.3 is 0 Å². The average molecular weight is 212 g/mol. The molecule has 1 aliphatic heterocycles. The maximum atomic E-state index is 11.7. The van der Waals surface area contributed by atoms with Crippen molar-refractivity contribution in [3.05, 3.63) is 12.7 Å². The number of nitrogens with one attached hydrogen (secondary N) is 1. The van der Waals surface area contributed by atoms with Crippen molar-refractivity contribution in [3.63, 3.8) is 0 Å². The molecule has 2 N–H and O–H groups in total. The van der Waals surface area contributed by atoms with Gasteiger partial charge in [-0.15, -0.1) is 6.58 Å². The number of hydrogen-bond acceptors (Lipinski definition) is 3. The molecule has 1 atom stereocenters. The Hall–Kier alpha value is -0.870. The molecule has 0 aromatic heterocycles. The first-order valence-electron chi connectivity index (χ1n) is 5.37. The highest BCUT2D eigenvalue weighted by molar-refractivity contribution is 5.78. The molecule has 0 aliphatic carbocycles. The normalized spacial score (nSPS) is 26.4. The maximum absolute atomic E-state index is 11.7. The first kappa shape index (κ1) is 12.2. The SMILES string of the molecule is C=CCNCC(=O)N1CCCC(C)(O)C1. The molecule has 0 spiro atoms. The first-order chi connectivity index (χ1) is 7.05. The number of β-amino-alcohol motifs (C(OH)–C–C–N with tert-alkyl or cyclic N) is 1. The van der Waals surface area contributed by atoms with Gasteiger partial charge in [-0.1, -0.05) is 6.08 Å². The van der Waals surface area contributed by atoms with Gasteiger partial charge in [-0.25, -0.2) is 0 Å². The number of nitrogens with zero attached hydrogens (tertiary/aromatic N) is 1. The van der Waals surface area contributed by atoms with Crippen LogP contribution >= 0.6 is 0 Å². The minimum atomic E-state index is -0.716. The Bertz CT molecular complexity index is 239. The van der Waals surface area contributed by atoms with Gasteiger partial charge in [-0.2, -0.15) is 0 Å². The highest BCUT2D eigenvalue weighted by atomic mass is 16.3. The zero-order chi connectivity index (χ0) is 11.3. The molecule has 1 rings (SSSR count). The fourth-order valence-electron chi connectivity index (χ4n) is 1.83. The van der Waals surface area contributed by atoms with E-state index in [1.165, 1.54) is 0 Å². The highest BCUT2D eigenvalue weighted by Gasteiger charge is 2.30. The number of likely N-dealkylation sites (tertiary alicyclic amines) is 1. The molecule has 1 unspecified atom stereocenters. The predicted molar refractivity (Wildman–Crippen MR) is 59.5 cm³/mol. The van der Waals surface area contributed by atoms with Crippen molar-refractivity contribution in [3.8, 4) is 0 Å². The molecule has 1 fully saturated rings. The Morgan fingerprint density at radius 1 is 1.73 bits per heavy atom. The van der Waals surface area contributed by atoms with Gasteiger partial charge in [-0.05, 0) is 19.8 Å². The van der Waals surface area contributed by atoms with Crippen LogP contribution in [0.3, 0.4) is 0 Å². The predicted octanol–water partition coefficient (Wildman–Crippen LogP) is 0.135. The van der Waals surface area contributed by atoms with E-state index >= 15 is 0 Å². The lowest BCUT2D eigenvalue weighted by atomic mass is 9.95. The minimum Gasteiger partial charge on any atom is -0.388 e. The Labute approximate surface area is 91.0 Å². The van der Waals surface area contributed by atoms with Crippen molar-refractivity contribution in [1.29, 1.82) is 0 Å². The van der Waals surface area contributed by atoms with Gasteiger partial charge in [0, 0.05) is 19.6 Å². The number of carbonyl (C=O) groups excluding carboxylic acids is 1. The van der Waals surface area contributed by atoms with Crippen LogP contribution in [-0.4, -0.2) is 47.7 Å². The molecular formula is C11H20N2O2. The molecule has 4 nitrogen and oxygen atoms in total. The van der Waals surface area contributed by atoms with E-state index in [2.05, 4.69) is 11.9 Å². The second-order valence-corrected chi connectivity index (χ2v) is 4.34. The van der Waals surface area contributed by atoms with Crippen LogP contribution in [0.2, 0.25) is 0 Å². The van der Waals surface area contributed by atoms with Gasteiger partial charge in [0.1, 0.15) is 0 Å². The van der Waals surface area contributed by atoms with Crippen LogP contribution in [-0.2, 0) is 4.79 Å².